The lowest BCUT2D eigenvalue weighted by molar-refractivity contribution is 0.410. The van der Waals surface area contributed by atoms with Crippen LogP contribution in [0.2, 0.25) is 20.1 Å². The van der Waals surface area contributed by atoms with Crippen LogP contribution in [0.15, 0.2) is 12.1 Å². The van der Waals surface area contributed by atoms with Gasteiger partial charge in [-0.05, 0) is 12.1 Å². The molecule has 18 heavy (non-hydrogen) atoms. The van der Waals surface area contributed by atoms with E-state index in [-0.39, 0.29) is 20.1 Å². The standard InChI is InChI=1S/C12H8Cl4O2/c1-17-5-3-4-6(18-2)8-7(5)9(13)11(15)12(16)10(8)14/h3-4H,1-2H3. The lowest BCUT2D eigenvalue weighted by Gasteiger charge is -2.14. The molecule has 0 bridgehead atoms. The van der Waals surface area contributed by atoms with Gasteiger partial charge in [0.15, 0.2) is 0 Å². The number of rotatable bonds is 2. The molecule has 0 spiro atoms. The van der Waals surface area contributed by atoms with E-state index in [1.54, 1.807) is 12.1 Å². The Morgan fingerprint density at radius 2 is 1.00 bits per heavy atom. The van der Waals surface area contributed by atoms with Gasteiger partial charge in [0.2, 0.25) is 0 Å². The van der Waals surface area contributed by atoms with Gasteiger partial charge in [-0.15, -0.1) is 0 Å². The number of hydrogen-bond acceptors (Lipinski definition) is 2. The van der Waals surface area contributed by atoms with Gasteiger partial charge in [-0.2, -0.15) is 0 Å². The minimum absolute atomic E-state index is 0.197. The maximum Gasteiger partial charge on any atom is 0.128 e. The molecule has 0 N–H and O–H groups in total. The first-order valence-electron chi connectivity index (χ1n) is 4.89. The van der Waals surface area contributed by atoms with Crippen LogP contribution in [0, 0.1) is 0 Å². The van der Waals surface area contributed by atoms with Crippen molar-refractivity contribution >= 4 is 57.2 Å². The summed E-state index contributed by atoms with van der Waals surface area (Å²) in [6.45, 7) is 0. The number of halogens is 4. The van der Waals surface area contributed by atoms with Crippen LogP contribution in [0.4, 0.5) is 0 Å². The van der Waals surface area contributed by atoms with Crippen molar-refractivity contribution in [3.8, 4) is 11.5 Å². The van der Waals surface area contributed by atoms with Gasteiger partial charge >= 0.3 is 0 Å². The molecule has 0 aliphatic rings. The van der Waals surface area contributed by atoms with Gasteiger partial charge in [-0.1, -0.05) is 46.4 Å². The quantitative estimate of drug-likeness (QED) is 0.538. The highest BCUT2D eigenvalue weighted by Crippen LogP contribution is 2.49. The van der Waals surface area contributed by atoms with Gasteiger partial charge in [0, 0.05) is 10.8 Å². The van der Waals surface area contributed by atoms with Crippen LogP contribution in [0.5, 0.6) is 11.5 Å². The van der Waals surface area contributed by atoms with Crippen molar-refractivity contribution in [2.45, 2.75) is 0 Å². The second-order valence-corrected chi connectivity index (χ2v) is 4.99. The van der Waals surface area contributed by atoms with E-state index in [1.165, 1.54) is 14.2 Å². The van der Waals surface area contributed by atoms with Gasteiger partial charge in [0.1, 0.15) is 11.5 Å². The van der Waals surface area contributed by atoms with Gasteiger partial charge in [-0.25, -0.2) is 0 Å². The number of benzene rings is 2. The van der Waals surface area contributed by atoms with Crippen molar-refractivity contribution in [2.24, 2.45) is 0 Å². The largest absolute Gasteiger partial charge is 0.496 e. The van der Waals surface area contributed by atoms with Crippen molar-refractivity contribution < 1.29 is 9.47 Å². The van der Waals surface area contributed by atoms with Crippen LogP contribution in [0.1, 0.15) is 0 Å². The predicted molar refractivity (Wildman–Crippen MR) is 77.1 cm³/mol. The van der Waals surface area contributed by atoms with Gasteiger partial charge < -0.3 is 9.47 Å². The van der Waals surface area contributed by atoms with E-state index in [1.807, 2.05) is 0 Å². The fourth-order valence-corrected chi connectivity index (χ4v) is 2.79. The van der Waals surface area contributed by atoms with E-state index in [9.17, 15) is 0 Å². The zero-order chi connectivity index (χ0) is 13.4. The number of fused-ring (bicyclic) bond motifs is 1. The fourth-order valence-electron chi connectivity index (χ4n) is 1.75. The summed E-state index contributed by atoms with van der Waals surface area (Å²) in [5.41, 5.74) is 0. The molecule has 0 saturated heterocycles. The molecule has 96 valence electrons. The maximum atomic E-state index is 6.21. The monoisotopic (exact) mass is 324 g/mol. The summed E-state index contributed by atoms with van der Waals surface area (Å²) < 4.78 is 10.5. The van der Waals surface area contributed by atoms with E-state index in [0.717, 1.165) is 0 Å². The first-order valence-corrected chi connectivity index (χ1v) is 6.40. The van der Waals surface area contributed by atoms with Crippen molar-refractivity contribution in [3.63, 3.8) is 0 Å². The first kappa shape index (κ1) is 13.9. The topological polar surface area (TPSA) is 18.5 Å². The lowest BCUT2D eigenvalue weighted by Crippen LogP contribution is -1.92. The third-order valence-corrected chi connectivity index (χ3v) is 4.39. The zero-order valence-electron chi connectivity index (χ0n) is 9.48. The molecule has 0 aromatic heterocycles. The van der Waals surface area contributed by atoms with Gasteiger partial charge in [-0.3, -0.25) is 0 Å². The molecule has 2 rings (SSSR count). The van der Waals surface area contributed by atoms with Gasteiger partial charge in [0.25, 0.3) is 0 Å². The second-order valence-electron chi connectivity index (χ2n) is 3.48. The molecule has 0 atom stereocenters. The van der Waals surface area contributed by atoms with Gasteiger partial charge in [0.05, 0.1) is 34.3 Å². The van der Waals surface area contributed by atoms with E-state index in [2.05, 4.69) is 0 Å². The minimum Gasteiger partial charge on any atom is -0.496 e. The third-order valence-electron chi connectivity index (χ3n) is 2.59. The molecule has 0 aliphatic heterocycles. The Morgan fingerprint density at radius 1 is 0.667 bits per heavy atom. The normalized spacial score (nSPS) is 10.8. The lowest BCUT2D eigenvalue weighted by atomic mass is 10.1. The Bertz CT molecular complexity index is 571. The van der Waals surface area contributed by atoms with Crippen LogP contribution >= 0.6 is 46.4 Å². The smallest absolute Gasteiger partial charge is 0.128 e. The average Bonchev–Trinajstić information content (AvgIpc) is 2.40. The summed E-state index contributed by atoms with van der Waals surface area (Å²) in [4.78, 5) is 0. The first-order chi connectivity index (χ1) is 8.52. The Balaban J connectivity index is 3.06. The third kappa shape index (κ3) is 1.97. The van der Waals surface area contributed by atoms with Crippen molar-refractivity contribution in [2.75, 3.05) is 14.2 Å². The van der Waals surface area contributed by atoms with Crippen LogP contribution in [0.25, 0.3) is 10.8 Å². The Hall–Kier alpha value is -0.540. The number of hydrogen-bond donors (Lipinski definition) is 0. The Labute approximate surface area is 124 Å². The maximum absolute atomic E-state index is 6.21. The molecule has 2 aromatic rings. The highest BCUT2D eigenvalue weighted by molar-refractivity contribution is 6.55. The summed E-state index contributed by atoms with van der Waals surface area (Å²) in [7, 11) is 3.07. The highest BCUT2D eigenvalue weighted by atomic mass is 35.5. The molecule has 0 heterocycles. The molecule has 0 aliphatic carbocycles. The molecule has 6 heteroatoms. The second kappa shape index (κ2) is 5.22. The SMILES string of the molecule is COc1ccc(OC)c2c(Cl)c(Cl)c(Cl)c(Cl)c12. The van der Waals surface area contributed by atoms with E-state index in [4.69, 9.17) is 55.9 Å². The van der Waals surface area contributed by atoms with E-state index in [0.29, 0.717) is 22.3 Å². The van der Waals surface area contributed by atoms with Crippen LogP contribution in [-0.2, 0) is 0 Å². The molecule has 2 nitrogen and oxygen atoms in total. The number of methoxy groups -OCH3 is 2. The predicted octanol–water partition coefficient (Wildman–Crippen LogP) is 5.47. The summed E-state index contributed by atoms with van der Waals surface area (Å²) in [5.74, 6) is 1.10. The molecule has 0 saturated carbocycles. The van der Waals surface area contributed by atoms with E-state index >= 15 is 0 Å². The van der Waals surface area contributed by atoms with Crippen molar-refractivity contribution in [1.29, 1.82) is 0 Å². The van der Waals surface area contributed by atoms with Crippen LogP contribution in [0.3, 0.4) is 0 Å². The fraction of sp³-hybridized carbons (Fsp3) is 0.167. The Kier molecular flexibility index (Phi) is 4.02. The van der Waals surface area contributed by atoms with Crippen molar-refractivity contribution in [1.82, 2.24) is 0 Å². The van der Waals surface area contributed by atoms with Crippen LogP contribution < -0.4 is 9.47 Å². The highest BCUT2D eigenvalue weighted by Gasteiger charge is 2.20. The summed E-state index contributed by atoms with van der Waals surface area (Å²) in [6.07, 6.45) is 0. The van der Waals surface area contributed by atoms with E-state index < -0.39 is 0 Å². The molecule has 2 aromatic carbocycles. The van der Waals surface area contributed by atoms with Crippen molar-refractivity contribution in [3.05, 3.63) is 32.2 Å². The molecular weight excluding hydrogens is 318 g/mol. The zero-order valence-corrected chi connectivity index (χ0v) is 12.5. The summed E-state index contributed by atoms with van der Waals surface area (Å²) in [6, 6.07) is 3.46. The average molecular weight is 326 g/mol. The summed E-state index contributed by atoms with van der Waals surface area (Å²) >= 11 is 24.5. The molecule has 0 unspecified atom stereocenters. The summed E-state index contributed by atoms with van der Waals surface area (Å²) in [5, 5.41) is 2.13. The minimum atomic E-state index is 0.197. The molecule has 0 fully saturated rings. The molecular formula is C12H8Cl4O2. The molecule has 0 amide bonds. The number of ether oxygens (including phenoxy) is 2. The Morgan fingerprint density at radius 3 is 1.28 bits per heavy atom. The van der Waals surface area contributed by atoms with Crippen LogP contribution in [-0.4, -0.2) is 14.2 Å². The molecule has 0 radical (unpaired) electrons.